The summed E-state index contributed by atoms with van der Waals surface area (Å²) in [6, 6.07) is 7.04. The Morgan fingerprint density at radius 2 is 1.81 bits per heavy atom. The zero-order valence-electron chi connectivity index (χ0n) is 16.6. The minimum Gasteiger partial charge on any atom is -0.466 e. The lowest BCUT2D eigenvalue weighted by Gasteiger charge is -2.29. The third-order valence-corrected chi connectivity index (χ3v) is 4.90. The molecule has 1 aromatic rings. The van der Waals surface area contributed by atoms with Crippen LogP contribution in [0, 0.1) is 19.8 Å². The van der Waals surface area contributed by atoms with Crippen LogP contribution < -0.4 is 10.6 Å². The maximum Gasteiger partial charge on any atom is 0.308 e. The summed E-state index contributed by atoms with van der Waals surface area (Å²) in [6.07, 6.45) is 4.69. The van der Waals surface area contributed by atoms with Gasteiger partial charge in [-0.25, -0.2) is 0 Å². The number of guanidine groups is 1. The monoisotopic (exact) mass is 359 g/mol. The van der Waals surface area contributed by atoms with Crippen LogP contribution in [0.3, 0.4) is 0 Å². The zero-order chi connectivity index (χ0) is 18.9. The average molecular weight is 360 g/mol. The number of nitrogens with zero attached hydrogens (tertiary/aromatic N) is 1. The van der Waals surface area contributed by atoms with Gasteiger partial charge in [-0.3, -0.25) is 9.79 Å². The topological polar surface area (TPSA) is 62.7 Å². The molecular formula is C21H33N3O2. The Kier molecular flexibility index (Phi) is 7.95. The molecule has 5 heteroatoms. The summed E-state index contributed by atoms with van der Waals surface area (Å²) in [5.74, 6) is 0.864. The molecule has 0 unspecified atom stereocenters. The highest BCUT2D eigenvalue weighted by molar-refractivity contribution is 5.80. The molecule has 0 amide bonds. The third kappa shape index (κ3) is 6.36. The Balaban J connectivity index is 1.73. The standard InChI is InChI=1S/C21H33N3O2/c1-5-26-20(25)18-6-8-19(9-7-18)24-21(22-4)23-11-10-17-13-15(2)12-16(3)14-17/h12-14,18-19H,5-11H2,1-4H3,(H2,22,23,24). The van der Waals surface area contributed by atoms with Gasteiger partial charge in [-0.05, 0) is 58.4 Å². The SMILES string of the molecule is CCOC(=O)C1CCC(NC(=NC)NCCc2cc(C)cc(C)c2)CC1. The van der Waals surface area contributed by atoms with Crippen LogP contribution in [-0.2, 0) is 16.0 Å². The average Bonchev–Trinajstić information content (AvgIpc) is 2.61. The molecule has 2 rings (SSSR count). The molecule has 26 heavy (non-hydrogen) atoms. The van der Waals surface area contributed by atoms with Gasteiger partial charge in [0.1, 0.15) is 0 Å². The highest BCUT2D eigenvalue weighted by Gasteiger charge is 2.27. The molecule has 1 saturated carbocycles. The van der Waals surface area contributed by atoms with Crippen molar-refractivity contribution < 1.29 is 9.53 Å². The first kappa shape index (κ1) is 20.3. The van der Waals surface area contributed by atoms with Crippen LogP contribution in [0.5, 0.6) is 0 Å². The van der Waals surface area contributed by atoms with Crippen LogP contribution in [0.15, 0.2) is 23.2 Å². The van der Waals surface area contributed by atoms with E-state index in [4.69, 9.17) is 4.74 Å². The predicted molar refractivity (Wildman–Crippen MR) is 106 cm³/mol. The molecule has 0 bridgehead atoms. The highest BCUT2D eigenvalue weighted by atomic mass is 16.5. The smallest absolute Gasteiger partial charge is 0.308 e. The molecule has 0 aromatic heterocycles. The Morgan fingerprint density at radius 3 is 2.38 bits per heavy atom. The second kappa shape index (κ2) is 10.2. The van der Waals surface area contributed by atoms with Crippen molar-refractivity contribution in [2.24, 2.45) is 10.9 Å². The predicted octanol–water partition coefficient (Wildman–Crippen LogP) is 3.13. The second-order valence-corrected chi connectivity index (χ2v) is 7.19. The summed E-state index contributed by atoms with van der Waals surface area (Å²) in [7, 11) is 1.80. The summed E-state index contributed by atoms with van der Waals surface area (Å²) in [4.78, 5) is 16.2. The van der Waals surface area contributed by atoms with Crippen LogP contribution >= 0.6 is 0 Å². The first-order valence-electron chi connectivity index (χ1n) is 9.72. The molecule has 144 valence electrons. The number of ether oxygens (including phenoxy) is 1. The van der Waals surface area contributed by atoms with Gasteiger partial charge in [0.25, 0.3) is 0 Å². The minimum atomic E-state index is -0.0399. The van der Waals surface area contributed by atoms with Crippen molar-refractivity contribution >= 4 is 11.9 Å². The van der Waals surface area contributed by atoms with Crippen molar-refractivity contribution in [3.05, 3.63) is 34.9 Å². The molecule has 0 atom stereocenters. The fraction of sp³-hybridized carbons (Fsp3) is 0.619. The summed E-state index contributed by atoms with van der Waals surface area (Å²) >= 11 is 0. The van der Waals surface area contributed by atoms with Gasteiger partial charge in [0.2, 0.25) is 0 Å². The van der Waals surface area contributed by atoms with Crippen molar-refractivity contribution in [2.45, 2.75) is 58.9 Å². The van der Waals surface area contributed by atoms with Crippen LogP contribution in [0.25, 0.3) is 0 Å². The quantitative estimate of drug-likeness (QED) is 0.465. The fourth-order valence-electron chi connectivity index (χ4n) is 3.66. The molecule has 0 heterocycles. The zero-order valence-corrected chi connectivity index (χ0v) is 16.6. The van der Waals surface area contributed by atoms with Gasteiger partial charge in [0, 0.05) is 19.6 Å². The van der Waals surface area contributed by atoms with Crippen molar-refractivity contribution in [3.63, 3.8) is 0 Å². The van der Waals surface area contributed by atoms with Crippen molar-refractivity contribution in [1.29, 1.82) is 0 Å². The van der Waals surface area contributed by atoms with Gasteiger partial charge < -0.3 is 15.4 Å². The fourth-order valence-corrected chi connectivity index (χ4v) is 3.66. The van der Waals surface area contributed by atoms with E-state index in [-0.39, 0.29) is 11.9 Å². The first-order valence-corrected chi connectivity index (χ1v) is 9.72. The number of carbonyl (C=O) groups is 1. The van der Waals surface area contributed by atoms with Crippen molar-refractivity contribution in [2.75, 3.05) is 20.2 Å². The molecule has 1 aliphatic rings. The molecule has 0 aliphatic heterocycles. The van der Waals surface area contributed by atoms with E-state index in [0.29, 0.717) is 12.6 Å². The molecule has 5 nitrogen and oxygen atoms in total. The Labute approximate surface area is 157 Å². The molecular weight excluding hydrogens is 326 g/mol. The molecule has 0 radical (unpaired) electrons. The van der Waals surface area contributed by atoms with Crippen LogP contribution in [0.1, 0.15) is 49.3 Å². The number of esters is 1. The number of benzene rings is 1. The van der Waals surface area contributed by atoms with E-state index in [9.17, 15) is 4.79 Å². The van der Waals surface area contributed by atoms with Gasteiger partial charge in [0.05, 0.1) is 12.5 Å². The van der Waals surface area contributed by atoms with E-state index in [2.05, 4.69) is 47.7 Å². The Hall–Kier alpha value is -2.04. The first-order chi connectivity index (χ1) is 12.5. The van der Waals surface area contributed by atoms with Gasteiger partial charge in [-0.1, -0.05) is 29.3 Å². The lowest BCUT2D eigenvalue weighted by atomic mass is 9.86. The van der Waals surface area contributed by atoms with E-state index >= 15 is 0 Å². The van der Waals surface area contributed by atoms with E-state index in [1.807, 2.05) is 6.92 Å². The van der Waals surface area contributed by atoms with E-state index in [0.717, 1.165) is 44.6 Å². The van der Waals surface area contributed by atoms with Crippen LogP contribution in [-0.4, -0.2) is 38.2 Å². The molecule has 2 N–H and O–H groups in total. The number of aliphatic imine (C=N–C) groups is 1. The number of nitrogens with one attached hydrogen (secondary N) is 2. The van der Waals surface area contributed by atoms with Gasteiger partial charge in [-0.15, -0.1) is 0 Å². The molecule has 0 spiro atoms. The van der Waals surface area contributed by atoms with Gasteiger partial charge in [-0.2, -0.15) is 0 Å². The lowest BCUT2D eigenvalue weighted by molar-refractivity contribution is -0.149. The maximum absolute atomic E-state index is 11.8. The molecule has 1 fully saturated rings. The number of hydrogen-bond acceptors (Lipinski definition) is 3. The van der Waals surface area contributed by atoms with E-state index < -0.39 is 0 Å². The number of rotatable bonds is 6. The largest absolute Gasteiger partial charge is 0.466 e. The highest BCUT2D eigenvalue weighted by Crippen LogP contribution is 2.25. The summed E-state index contributed by atoms with van der Waals surface area (Å²) in [6.45, 7) is 7.45. The summed E-state index contributed by atoms with van der Waals surface area (Å²) in [5.41, 5.74) is 3.96. The third-order valence-electron chi connectivity index (χ3n) is 4.90. The second-order valence-electron chi connectivity index (χ2n) is 7.19. The lowest BCUT2D eigenvalue weighted by Crippen LogP contribution is -2.45. The molecule has 1 aliphatic carbocycles. The van der Waals surface area contributed by atoms with Crippen LogP contribution in [0.2, 0.25) is 0 Å². The molecule has 0 saturated heterocycles. The summed E-state index contributed by atoms with van der Waals surface area (Å²) in [5, 5.41) is 6.90. The Morgan fingerprint density at radius 1 is 1.15 bits per heavy atom. The normalized spacial score (nSPS) is 20.5. The van der Waals surface area contributed by atoms with E-state index in [1.165, 1.54) is 16.7 Å². The molecule has 1 aromatic carbocycles. The minimum absolute atomic E-state index is 0.0399. The van der Waals surface area contributed by atoms with Crippen molar-refractivity contribution in [3.8, 4) is 0 Å². The Bertz CT molecular complexity index is 599. The van der Waals surface area contributed by atoms with E-state index in [1.54, 1.807) is 7.05 Å². The van der Waals surface area contributed by atoms with Crippen molar-refractivity contribution in [1.82, 2.24) is 10.6 Å². The van der Waals surface area contributed by atoms with Gasteiger partial charge >= 0.3 is 5.97 Å². The number of aryl methyl sites for hydroxylation is 2. The maximum atomic E-state index is 11.8. The van der Waals surface area contributed by atoms with Gasteiger partial charge in [0.15, 0.2) is 5.96 Å². The number of hydrogen-bond donors (Lipinski definition) is 2. The summed E-state index contributed by atoms with van der Waals surface area (Å²) < 4.78 is 5.14. The van der Waals surface area contributed by atoms with Crippen LogP contribution in [0.4, 0.5) is 0 Å². The number of carbonyl (C=O) groups excluding carboxylic acids is 1.